The van der Waals surface area contributed by atoms with Gasteiger partial charge in [0.1, 0.15) is 0 Å². The zero-order valence-electron chi connectivity index (χ0n) is 13.7. The van der Waals surface area contributed by atoms with Gasteiger partial charge in [0.05, 0.1) is 5.71 Å². The van der Waals surface area contributed by atoms with Crippen molar-refractivity contribution in [3.8, 4) is 5.75 Å². The number of fused-ring (bicyclic) bond motifs is 1. The standard InChI is InChI=1S/C20H17FN2O2/c1-14(16-11-10-15-6-2-3-7-17(15)12-16)22-23-20(24)13-25-19-9-5-4-8-18(19)21/h2-12H,13H2,1H3,(H,23,24)/b22-14+. The molecule has 126 valence electrons. The van der Waals surface area contributed by atoms with Crippen molar-refractivity contribution in [2.24, 2.45) is 5.10 Å². The summed E-state index contributed by atoms with van der Waals surface area (Å²) in [5.41, 5.74) is 4.00. The van der Waals surface area contributed by atoms with E-state index in [1.807, 2.05) is 49.4 Å². The van der Waals surface area contributed by atoms with Crippen molar-refractivity contribution in [2.45, 2.75) is 6.92 Å². The van der Waals surface area contributed by atoms with Gasteiger partial charge in [0, 0.05) is 0 Å². The number of carbonyl (C=O) groups excluding carboxylic acids is 1. The first-order chi connectivity index (χ1) is 12.1. The van der Waals surface area contributed by atoms with Crippen LogP contribution in [-0.4, -0.2) is 18.2 Å². The molecule has 0 aliphatic carbocycles. The second-order valence-corrected chi connectivity index (χ2v) is 5.51. The van der Waals surface area contributed by atoms with Crippen molar-refractivity contribution in [2.75, 3.05) is 6.61 Å². The quantitative estimate of drug-likeness (QED) is 0.567. The molecule has 0 heterocycles. The summed E-state index contributed by atoms with van der Waals surface area (Å²) in [7, 11) is 0. The van der Waals surface area contributed by atoms with Gasteiger partial charge in [0.15, 0.2) is 18.2 Å². The lowest BCUT2D eigenvalue weighted by atomic mass is 10.0. The number of para-hydroxylation sites is 1. The lowest BCUT2D eigenvalue weighted by Gasteiger charge is -2.07. The van der Waals surface area contributed by atoms with Crippen LogP contribution in [0.4, 0.5) is 4.39 Å². The third-order valence-electron chi connectivity index (χ3n) is 3.71. The minimum absolute atomic E-state index is 0.0351. The Balaban J connectivity index is 1.62. The molecule has 0 spiro atoms. The normalized spacial score (nSPS) is 11.4. The predicted molar refractivity (Wildman–Crippen MR) is 96.2 cm³/mol. The molecule has 1 amide bonds. The van der Waals surface area contributed by atoms with E-state index in [-0.39, 0.29) is 12.4 Å². The Labute approximate surface area is 144 Å². The van der Waals surface area contributed by atoms with E-state index in [0.717, 1.165) is 16.3 Å². The zero-order valence-corrected chi connectivity index (χ0v) is 13.7. The Morgan fingerprint density at radius 2 is 1.76 bits per heavy atom. The van der Waals surface area contributed by atoms with Crippen molar-refractivity contribution in [1.82, 2.24) is 5.43 Å². The van der Waals surface area contributed by atoms with Gasteiger partial charge in [0.25, 0.3) is 5.91 Å². The molecule has 0 fully saturated rings. The highest BCUT2D eigenvalue weighted by molar-refractivity contribution is 6.02. The van der Waals surface area contributed by atoms with Crippen LogP contribution in [0, 0.1) is 5.82 Å². The van der Waals surface area contributed by atoms with E-state index in [2.05, 4.69) is 10.5 Å². The molecule has 0 bridgehead atoms. The molecule has 3 aromatic rings. The number of nitrogens with zero attached hydrogens (tertiary/aromatic N) is 1. The zero-order chi connectivity index (χ0) is 17.6. The van der Waals surface area contributed by atoms with Gasteiger partial charge in [-0.2, -0.15) is 5.10 Å². The molecule has 0 unspecified atom stereocenters. The number of halogens is 1. The number of hydrogen-bond donors (Lipinski definition) is 1. The average molecular weight is 336 g/mol. The summed E-state index contributed by atoms with van der Waals surface area (Å²) in [6.07, 6.45) is 0. The van der Waals surface area contributed by atoms with Crippen LogP contribution in [0.1, 0.15) is 12.5 Å². The van der Waals surface area contributed by atoms with Crippen LogP contribution in [0.3, 0.4) is 0 Å². The predicted octanol–water partition coefficient (Wildman–Crippen LogP) is 3.90. The number of rotatable bonds is 5. The smallest absolute Gasteiger partial charge is 0.277 e. The van der Waals surface area contributed by atoms with Crippen LogP contribution >= 0.6 is 0 Å². The van der Waals surface area contributed by atoms with Gasteiger partial charge in [-0.05, 0) is 41.5 Å². The lowest BCUT2D eigenvalue weighted by molar-refractivity contribution is -0.123. The third kappa shape index (κ3) is 4.20. The van der Waals surface area contributed by atoms with Gasteiger partial charge < -0.3 is 4.74 Å². The van der Waals surface area contributed by atoms with Crippen molar-refractivity contribution >= 4 is 22.4 Å². The average Bonchev–Trinajstić information content (AvgIpc) is 2.65. The summed E-state index contributed by atoms with van der Waals surface area (Å²) in [4.78, 5) is 11.8. The molecule has 5 heteroatoms. The van der Waals surface area contributed by atoms with Gasteiger partial charge in [-0.25, -0.2) is 9.82 Å². The minimum atomic E-state index is -0.508. The second-order valence-electron chi connectivity index (χ2n) is 5.51. The summed E-state index contributed by atoms with van der Waals surface area (Å²) < 4.78 is 18.6. The van der Waals surface area contributed by atoms with Crippen molar-refractivity contribution in [3.05, 3.63) is 78.1 Å². The van der Waals surface area contributed by atoms with Crippen LogP contribution in [0.5, 0.6) is 5.75 Å². The molecule has 1 N–H and O–H groups in total. The maximum Gasteiger partial charge on any atom is 0.277 e. The van der Waals surface area contributed by atoms with E-state index in [1.54, 1.807) is 12.1 Å². The van der Waals surface area contributed by atoms with E-state index in [1.165, 1.54) is 12.1 Å². The highest BCUT2D eigenvalue weighted by Crippen LogP contribution is 2.16. The first kappa shape index (κ1) is 16.6. The number of nitrogens with one attached hydrogen (secondary N) is 1. The highest BCUT2D eigenvalue weighted by Gasteiger charge is 2.06. The maximum absolute atomic E-state index is 13.4. The van der Waals surface area contributed by atoms with Crippen LogP contribution in [0.25, 0.3) is 10.8 Å². The Hall–Kier alpha value is -3.21. The molecule has 0 atom stereocenters. The van der Waals surface area contributed by atoms with E-state index in [4.69, 9.17) is 4.74 Å². The topological polar surface area (TPSA) is 50.7 Å². The maximum atomic E-state index is 13.4. The lowest BCUT2D eigenvalue weighted by Crippen LogP contribution is -2.25. The van der Waals surface area contributed by atoms with E-state index >= 15 is 0 Å². The molecule has 0 aliphatic rings. The molecular weight excluding hydrogens is 319 g/mol. The summed E-state index contributed by atoms with van der Waals surface area (Å²) in [5, 5.41) is 6.32. The number of amides is 1. The molecule has 0 aliphatic heterocycles. The Bertz CT molecular complexity index is 938. The Morgan fingerprint density at radius 1 is 1.04 bits per heavy atom. The van der Waals surface area contributed by atoms with Gasteiger partial charge in [0.2, 0.25) is 0 Å². The molecule has 0 radical (unpaired) electrons. The molecule has 4 nitrogen and oxygen atoms in total. The monoisotopic (exact) mass is 336 g/mol. The summed E-state index contributed by atoms with van der Waals surface area (Å²) in [6.45, 7) is 1.50. The number of carbonyl (C=O) groups is 1. The second kappa shape index (κ2) is 7.57. The van der Waals surface area contributed by atoms with Gasteiger partial charge in [-0.1, -0.05) is 48.5 Å². The van der Waals surface area contributed by atoms with Gasteiger partial charge >= 0.3 is 0 Å². The fraction of sp³-hybridized carbons (Fsp3) is 0.100. The van der Waals surface area contributed by atoms with E-state index < -0.39 is 11.7 Å². The van der Waals surface area contributed by atoms with Gasteiger partial charge in [-0.3, -0.25) is 4.79 Å². The number of benzene rings is 3. The van der Waals surface area contributed by atoms with Crippen LogP contribution < -0.4 is 10.2 Å². The van der Waals surface area contributed by atoms with Crippen molar-refractivity contribution < 1.29 is 13.9 Å². The molecule has 0 aromatic heterocycles. The van der Waals surface area contributed by atoms with Crippen molar-refractivity contribution in [1.29, 1.82) is 0 Å². The molecule has 3 rings (SSSR count). The molecular formula is C20H17FN2O2. The van der Waals surface area contributed by atoms with Crippen molar-refractivity contribution in [3.63, 3.8) is 0 Å². The van der Waals surface area contributed by atoms with E-state index in [0.29, 0.717) is 5.71 Å². The van der Waals surface area contributed by atoms with Crippen LogP contribution in [-0.2, 0) is 4.79 Å². The summed E-state index contributed by atoms with van der Waals surface area (Å²) >= 11 is 0. The summed E-state index contributed by atoms with van der Waals surface area (Å²) in [5.74, 6) is -0.928. The third-order valence-corrected chi connectivity index (χ3v) is 3.71. The van der Waals surface area contributed by atoms with E-state index in [9.17, 15) is 9.18 Å². The number of hydrogen-bond acceptors (Lipinski definition) is 3. The SMILES string of the molecule is C/C(=N\NC(=O)COc1ccccc1F)c1ccc2ccccc2c1. The highest BCUT2D eigenvalue weighted by atomic mass is 19.1. The number of hydrazone groups is 1. The largest absolute Gasteiger partial charge is 0.481 e. The number of ether oxygens (including phenoxy) is 1. The molecule has 3 aromatic carbocycles. The first-order valence-electron chi connectivity index (χ1n) is 7.83. The molecule has 0 saturated carbocycles. The van der Waals surface area contributed by atoms with Gasteiger partial charge in [-0.15, -0.1) is 0 Å². The molecule has 0 saturated heterocycles. The Kier molecular flexibility index (Phi) is 5.04. The van der Waals surface area contributed by atoms with Crippen LogP contribution in [0.2, 0.25) is 0 Å². The fourth-order valence-corrected chi connectivity index (χ4v) is 2.36. The summed E-state index contributed by atoms with van der Waals surface area (Å²) in [6, 6.07) is 19.9. The fourth-order valence-electron chi connectivity index (χ4n) is 2.36. The van der Waals surface area contributed by atoms with Crippen LogP contribution in [0.15, 0.2) is 71.8 Å². The Morgan fingerprint density at radius 3 is 2.56 bits per heavy atom. The first-order valence-corrected chi connectivity index (χ1v) is 7.83. The minimum Gasteiger partial charge on any atom is -0.481 e. The molecule has 25 heavy (non-hydrogen) atoms.